The van der Waals surface area contributed by atoms with Crippen LogP contribution in [0.5, 0.6) is 0 Å². The van der Waals surface area contributed by atoms with Crippen molar-refractivity contribution in [1.29, 1.82) is 0 Å². The van der Waals surface area contributed by atoms with E-state index in [0.29, 0.717) is 0 Å². The molecule has 5 aromatic rings. The molecule has 0 amide bonds. The molecule has 0 bridgehead atoms. The van der Waals surface area contributed by atoms with Crippen molar-refractivity contribution < 1.29 is 0 Å². The van der Waals surface area contributed by atoms with E-state index in [0.717, 1.165) is 0 Å². The van der Waals surface area contributed by atoms with E-state index in [1.807, 2.05) is 0 Å². The predicted octanol–water partition coefficient (Wildman–Crippen LogP) is 8.74. The molecule has 5 aromatic carbocycles. The smallest absolute Gasteiger partial charge is 0.0624 e. The van der Waals surface area contributed by atoms with Crippen molar-refractivity contribution in [3.63, 3.8) is 0 Å². The third-order valence-electron chi connectivity index (χ3n) is 12.0. The van der Waals surface area contributed by atoms with Gasteiger partial charge < -0.3 is 0 Å². The summed E-state index contributed by atoms with van der Waals surface area (Å²) in [7, 11) is -2.37. The maximum atomic E-state index is 2.67. The summed E-state index contributed by atoms with van der Waals surface area (Å²) in [6, 6.07) is 47.1. The molecule has 2 atom stereocenters. The summed E-state index contributed by atoms with van der Waals surface area (Å²) in [5, 5.41) is 4.97. The molecule has 0 aromatic heterocycles. The highest BCUT2D eigenvalue weighted by atomic mass is 28.3. The Hall–Kier alpha value is -3.68. The quantitative estimate of drug-likeness (QED) is 0.194. The molecule has 2 unspecified atom stereocenters. The Morgan fingerprint density at radius 1 is 0.500 bits per heavy atom. The lowest BCUT2D eigenvalue weighted by atomic mass is 9.64. The second kappa shape index (κ2) is 8.91. The third kappa shape index (κ3) is 3.13. The van der Waals surface area contributed by atoms with Gasteiger partial charge >= 0.3 is 0 Å². The molecule has 1 saturated carbocycles. The van der Waals surface area contributed by atoms with Gasteiger partial charge in [0.2, 0.25) is 0 Å². The number of rotatable bonds is 3. The Kier molecular flexibility index (Phi) is 5.51. The maximum Gasteiger partial charge on any atom is 0.155 e. The fourth-order valence-electron chi connectivity index (χ4n) is 9.72. The van der Waals surface area contributed by atoms with Gasteiger partial charge in [-0.25, -0.2) is 0 Å². The van der Waals surface area contributed by atoms with Crippen LogP contribution in [0.4, 0.5) is 0 Å². The number of hydrogen-bond acceptors (Lipinski definition) is 0. The van der Waals surface area contributed by atoms with Crippen LogP contribution in [0.2, 0.25) is 5.04 Å². The highest BCUT2D eigenvalue weighted by Gasteiger charge is 2.68. The van der Waals surface area contributed by atoms with Gasteiger partial charge in [0.05, 0.1) is 0 Å². The van der Waals surface area contributed by atoms with Crippen LogP contribution in [0.15, 0.2) is 121 Å². The van der Waals surface area contributed by atoms with Crippen LogP contribution in [0.25, 0.3) is 22.3 Å². The van der Waals surface area contributed by atoms with Crippen molar-refractivity contribution >= 4 is 23.6 Å². The van der Waals surface area contributed by atoms with Crippen molar-refractivity contribution in [2.45, 2.75) is 69.2 Å². The van der Waals surface area contributed by atoms with Gasteiger partial charge in [-0.3, -0.25) is 0 Å². The molecule has 1 fully saturated rings. The summed E-state index contributed by atoms with van der Waals surface area (Å²) in [5.74, 6) is 0. The predicted molar refractivity (Wildman–Crippen MR) is 181 cm³/mol. The Bertz CT molecular complexity index is 1790. The molecule has 208 valence electrons. The molecule has 3 aliphatic rings. The largest absolute Gasteiger partial charge is 0.155 e. The number of fused-ring (bicyclic) bond motifs is 6. The normalized spacial score (nSPS) is 24.4. The van der Waals surface area contributed by atoms with Gasteiger partial charge in [-0.2, -0.15) is 0 Å². The van der Waals surface area contributed by atoms with Crippen molar-refractivity contribution in [2.24, 2.45) is 0 Å². The summed E-state index contributed by atoms with van der Waals surface area (Å²) < 4.78 is 0. The summed E-state index contributed by atoms with van der Waals surface area (Å²) >= 11 is 0. The second-order valence-electron chi connectivity index (χ2n) is 14.0. The minimum Gasteiger partial charge on any atom is -0.0624 e. The van der Waals surface area contributed by atoms with Crippen LogP contribution in [0.3, 0.4) is 0 Å². The molecule has 0 radical (unpaired) electrons. The van der Waals surface area contributed by atoms with Gasteiger partial charge in [0, 0.05) is 5.41 Å². The lowest BCUT2D eigenvalue weighted by Gasteiger charge is -2.54. The fourth-order valence-corrected chi connectivity index (χ4v) is 16.7. The van der Waals surface area contributed by atoms with Crippen LogP contribution >= 0.6 is 0 Å². The molecule has 8 rings (SSSR count). The Morgan fingerprint density at radius 2 is 1.05 bits per heavy atom. The Labute approximate surface area is 252 Å². The van der Waals surface area contributed by atoms with Gasteiger partial charge in [-0.1, -0.05) is 156 Å². The van der Waals surface area contributed by atoms with Crippen LogP contribution in [0.1, 0.15) is 70.1 Å². The minimum atomic E-state index is -2.37. The fraction of sp³-hybridized carbons (Fsp3) is 0.268. The van der Waals surface area contributed by atoms with E-state index in [1.165, 1.54) is 59.1 Å². The van der Waals surface area contributed by atoms with Gasteiger partial charge in [0.1, 0.15) is 0 Å². The summed E-state index contributed by atoms with van der Waals surface area (Å²) in [5.41, 5.74) is 10.2. The van der Waals surface area contributed by atoms with Crippen molar-refractivity contribution in [2.75, 3.05) is 0 Å². The first-order chi connectivity index (χ1) is 20.3. The monoisotopic (exact) mass is 560 g/mol. The standard InChI is InChI=1S/C41H40Si/c1-39(2)35-20-12-11-19-33(35)34-23-21-29(27-36(34)39)30-22-24-38-37(28-30)40(3)25-13-14-26-41(40,4)42(38,31-15-7-5-8-16-31)32-17-9-6-10-18-32/h5-12,15-24,27-28H,13-14,25-26H2,1-4H3. The molecular weight excluding hydrogens is 521 g/mol. The van der Waals surface area contributed by atoms with Crippen LogP contribution in [-0.2, 0) is 10.8 Å². The van der Waals surface area contributed by atoms with Gasteiger partial charge in [0.25, 0.3) is 0 Å². The van der Waals surface area contributed by atoms with E-state index in [9.17, 15) is 0 Å². The van der Waals surface area contributed by atoms with Gasteiger partial charge in [-0.15, -0.1) is 0 Å². The molecule has 0 spiro atoms. The van der Waals surface area contributed by atoms with E-state index in [4.69, 9.17) is 0 Å². The first-order valence-corrected chi connectivity index (χ1v) is 17.8. The van der Waals surface area contributed by atoms with Crippen LogP contribution in [-0.4, -0.2) is 8.07 Å². The molecule has 0 nitrogen and oxygen atoms in total. The lowest BCUT2D eigenvalue weighted by Crippen LogP contribution is -2.72. The van der Waals surface area contributed by atoms with Crippen molar-refractivity contribution in [3.05, 3.63) is 138 Å². The topological polar surface area (TPSA) is 0 Å². The molecule has 2 aliphatic carbocycles. The molecule has 42 heavy (non-hydrogen) atoms. The van der Waals surface area contributed by atoms with E-state index in [1.54, 1.807) is 21.1 Å². The SMILES string of the molecule is CC1(C)c2ccccc2-c2ccc(-c3ccc4c(c3)C3(C)CCCCC3(C)[Si]4(c3ccccc3)c3ccccc3)cc21. The molecule has 0 saturated heterocycles. The second-order valence-corrected chi connectivity index (χ2v) is 18.3. The van der Waals surface area contributed by atoms with Crippen LogP contribution in [0, 0.1) is 0 Å². The third-order valence-corrected chi connectivity index (χ3v) is 18.1. The Morgan fingerprint density at radius 3 is 1.74 bits per heavy atom. The molecule has 1 heteroatoms. The van der Waals surface area contributed by atoms with E-state index >= 15 is 0 Å². The zero-order chi connectivity index (χ0) is 28.7. The average molecular weight is 561 g/mol. The van der Waals surface area contributed by atoms with Gasteiger partial charge in [-0.05, 0) is 83.9 Å². The van der Waals surface area contributed by atoms with E-state index in [2.05, 4.69) is 149 Å². The van der Waals surface area contributed by atoms with Gasteiger partial charge in [0.15, 0.2) is 8.07 Å². The highest BCUT2D eigenvalue weighted by molar-refractivity contribution is 7.14. The van der Waals surface area contributed by atoms with E-state index in [-0.39, 0.29) is 15.9 Å². The zero-order valence-electron chi connectivity index (χ0n) is 25.4. The average Bonchev–Trinajstić information content (AvgIpc) is 3.37. The lowest BCUT2D eigenvalue weighted by molar-refractivity contribution is 0.241. The molecule has 1 heterocycles. The first kappa shape index (κ1) is 26.0. The zero-order valence-corrected chi connectivity index (χ0v) is 26.4. The summed E-state index contributed by atoms with van der Waals surface area (Å²) in [6.07, 6.45) is 5.19. The number of hydrogen-bond donors (Lipinski definition) is 0. The Balaban J connectivity index is 1.37. The highest BCUT2D eigenvalue weighted by Crippen LogP contribution is 2.65. The number of benzene rings is 5. The summed E-state index contributed by atoms with van der Waals surface area (Å²) in [6.45, 7) is 10.1. The maximum absolute atomic E-state index is 2.67. The molecule has 1 aliphatic heterocycles. The minimum absolute atomic E-state index is 0.00920. The first-order valence-electron chi connectivity index (χ1n) is 15.8. The molecular formula is C41H40Si. The van der Waals surface area contributed by atoms with E-state index < -0.39 is 8.07 Å². The van der Waals surface area contributed by atoms with Crippen LogP contribution < -0.4 is 15.6 Å². The summed E-state index contributed by atoms with van der Waals surface area (Å²) in [4.78, 5) is 0. The van der Waals surface area contributed by atoms with Crippen molar-refractivity contribution in [1.82, 2.24) is 0 Å². The van der Waals surface area contributed by atoms with Crippen molar-refractivity contribution in [3.8, 4) is 22.3 Å². The molecule has 0 N–H and O–H groups in total.